The van der Waals surface area contributed by atoms with Gasteiger partial charge in [-0.05, 0) is 52.7 Å². The number of nitrogens with zero attached hydrogens (tertiary/aromatic N) is 2. The molecule has 1 atom stereocenters. The zero-order chi connectivity index (χ0) is 20.3. The summed E-state index contributed by atoms with van der Waals surface area (Å²) in [6, 6.07) is 8.75. The van der Waals surface area contributed by atoms with E-state index in [1.165, 1.54) is 12.1 Å². The number of aliphatic hydroxyl groups is 1. The van der Waals surface area contributed by atoms with E-state index in [9.17, 15) is 13.9 Å². The number of methoxy groups -OCH3 is 1. The molecule has 0 bridgehead atoms. The maximum atomic E-state index is 13.8. The lowest BCUT2D eigenvalue weighted by Crippen LogP contribution is -2.32. The largest absolute Gasteiger partial charge is 0.495 e. The molecule has 28 heavy (non-hydrogen) atoms. The van der Waals surface area contributed by atoms with Gasteiger partial charge in [-0.1, -0.05) is 6.07 Å². The van der Waals surface area contributed by atoms with Crippen molar-refractivity contribution in [2.75, 3.05) is 12.0 Å². The Morgan fingerprint density at radius 3 is 2.68 bits per heavy atom. The highest BCUT2D eigenvalue weighted by molar-refractivity contribution is 9.12. The normalized spacial score (nSPS) is 16.5. The van der Waals surface area contributed by atoms with Crippen LogP contribution in [0.25, 0.3) is 0 Å². The Morgan fingerprint density at radius 2 is 2.00 bits per heavy atom. The van der Waals surface area contributed by atoms with Crippen molar-refractivity contribution < 1.29 is 23.4 Å². The number of anilines is 1. The molecule has 0 amide bonds. The quantitative estimate of drug-likeness (QED) is 0.726. The van der Waals surface area contributed by atoms with Crippen molar-refractivity contribution in [2.45, 2.75) is 26.3 Å². The summed E-state index contributed by atoms with van der Waals surface area (Å²) < 4.78 is 38.4. The topological polar surface area (TPSA) is 54.3 Å². The minimum absolute atomic E-state index is 0.0743. The summed E-state index contributed by atoms with van der Waals surface area (Å²) >= 11 is 3.43. The molecule has 1 unspecified atom stereocenters. The van der Waals surface area contributed by atoms with Crippen LogP contribution in [-0.2, 0) is 18.0 Å². The van der Waals surface area contributed by atoms with Gasteiger partial charge in [-0.15, -0.1) is 0 Å². The van der Waals surface area contributed by atoms with E-state index in [-0.39, 0.29) is 24.9 Å². The van der Waals surface area contributed by atoms with Gasteiger partial charge >= 0.3 is 0 Å². The van der Waals surface area contributed by atoms with Crippen molar-refractivity contribution >= 4 is 27.5 Å². The van der Waals surface area contributed by atoms with Gasteiger partial charge in [0.15, 0.2) is 0 Å². The van der Waals surface area contributed by atoms with E-state index >= 15 is 0 Å². The first-order valence-electron chi connectivity index (χ1n) is 8.51. The Hall–Kier alpha value is -2.45. The molecule has 2 aromatic carbocycles. The minimum Gasteiger partial charge on any atom is -0.495 e. The predicted octanol–water partition coefficient (Wildman–Crippen LogP) is 4.48. The van der Waals surface area contributed by atoms with Crippen LogP contribution in [0.4, 0.5) is 14.5 Å². The lowest BCUT2D eigenvalue weighted by atomic mass is 10.1. The van der Waals surface area contributed by atoms with Gasteiger partial charge in [0, 0.05) is 17.8 Å². The Balaban J connectivity index is 1.78. The molecule has 1 heterocycles. The summed E-state index contributed by atoms with van der Waals surface area (Å²) in [5.74, 6) is -0.385. The zero-order valence-electron chi connectivity index (χ0n) is 15.3. The fourth-order valence-electron chi connectivity index (χ4n) is 2.77. The van der Waals surface area contributed by atoms with Gasteiger partial charge in [0.1, 0.15) is 30.2 Å². The number of halogens is 3. The van der Waals surface area contributed by atoms with E-state index in [0.29, 0.717) is 16.1 Å². The minimum atomic E-state index is -0.667. The van der Waals surface area contributed by atoms with Crippen LogP contribution in [0.2, 0.25) is 0 Å². The first-order chi connectivity index (χ1) is 13.4. The molecule has 0 saturated heterocycles. The first kappa shape index (κ1) is 20.3. The van der Waals surface area contributed by atoms with Crippen LogP contribution in [0.3, 0.4) is 0 Å². The molecule has 0 aliphatic carbocycles. The van der Waals surface area contributed by atoms with Crippen LogP contribution >= 0.6 is 15.9 Å². The molecule has 0 radical (unpaired) electrons. The molecule has 0 saturated carbocycles. The van der Waals surface area contributed by atoms with Crippen LogP contribution < -0.4 is 9.64 Å². The van der Waals surface area contributed by atoms with Crippen molar-refractivity contribution in [2.24, 2.45) is 4.99 Å². The van der Waals surface area contributed by atoms with Crippen LogP contribution in [0, 0.1) is 11.6 Å². The van der Waals surface area contributed by atoms with E-state index in [4.69, 9.17) is 9.47 Å². The number of benzene rings is 2. The highest BCUT2D eigenvalue weighted by Gasteiger charge is 2.24. The molecular weight excluding hydrogens is 434 g/mol. The SMILES string of the molecule is COc1cc(CO)ccc1N1C=C(Br)C(OCc2ccc(F)cc2F)=NC1C. The van der Waals surface area contributed by atoms with Crippen molar-refractivity contribution in [3.8, 4) is 5.75 Å². The third-order valence-electron chi connectivity index (χ3n) is 4.25. The summed E-state index contributed by atoms with van der Waals surface area (Å²) in [5, 5.41) is 9.30. The van der Waals surface area contributed by atoms with E-state index in [1.807, 2.05) is 17.9 Å². The number of aliphatic imine (C=N–C) groups is 1. The van der Waals surface area contributed by atoms with Crippen LogP contribution in [0.15, 0.2) is 52.1 Å². The Morgan fingerprint density at radius 1 is 1.21 bits per heavy atom. The molecule has 1 aliphatic heterocycles. The molecule has 3 rings (SSSR count). The molecule has 0 fully saturated rings. The molecule has 8 heteroatoms. The van der Waals surface area contributed by atoms with E-state index < -0.39 is 11.6 Å². The Bertz CT molecular complexity index is 934. The smallest absolute Gasteiger partial charge is 0.227 e. The number of hydrogen-bond donors (Lipinski definition) is 1. The zero-order valence-corrected chi connectivity index (χ0v) is 16.9. The van der Waals surface area contributed by atoms with Gasteiger partial charge in [-0.3, -0.25) is 0 Å². The molecule has 1 aliphatic rings. The number of rotatable bonds is 5. The van der Waals surface area contributed by atoms with Crippen LogP contribution in [-0.4, -0.2) is 24.3 Å². The van der Waals surface area contributed by atoms with Gasteiger partial charge in [-0.25, -0.2) is 13.8 Å². The van der Waals surface area contributed by atoms with Gasteiger partial charge in [-0.2, -0.15) is 0 Å². The van der Waals surface area contributed by atoms with Crippen LogP contribution in [0.5, 0.6) is 5.75 Å². The molecule has 5 nitrogen and oxygen atoms in total. The van der Waals surface area contributed by atoms with E-state index in [2.05, 4.69) is 20.9 Å². The number of hydrogen-bond acceptors (Lipinski definition) is 5. The fourth-order valence-corrected chi connectivity index (χ4v) is 3.21. The standard InChI is InChI=1S/C20H19BrF2N2O3/c1-12-24-20(28-11-14-4-5-15(22)8-17(14)23)16(21)9-25(12)18-6-3-13(10-26)7-19(18)27-2/h3-9,12,26H,10-11H2,1-2H3. The van der Waals surface area contributed by atoms with Gasteiger partial charge in [0.05, 0.1) is 23.9 Å². The Labute approximate surface area is 170 Å². The molecule has 2 aromatic rings. The predicted molar refractivity (Wildman–Crippen MR) is 106 cm³/mol. The van der Waals surface area contributed by atoms with Gasteiger partial charge in [0.2, 0.25) is 5.90 Å². The lowest BCUT2D eigenvalue weighted by molar-refractivity contribution is 0.281. The van der Waals surface area contributed by atoms with Crippen molar-refractivity contribution in [3.05, 3.63) is 69.8 Å². The summed E-state index contributed by atoms with van der Waals surface area (Å²) in [6.45, 7) is 1.72. The number of ether oxygens (including phenoxy) is 2. The highest BCUT2D eigenvalue weighted by Crippen LogP contribution is 2.34. The lowest BCUT2D eigenvalue weighted by Gasteiger charge is -2.31. The second-order valence-electron chi connectivity index (χ2n) is 6.14. The second-order valence-corrected chi connectivity index (χ2v) is 6.99. The molecule has 1 N–H and O–H groups in total. The average Bonchev–Trinajstić information content (AvgIpc) is 2.69. The molecule has 0 aromatic heterocycles. The van der Waals surface area contributed by atoms with E-state index in [0.717, 1.165) is 17.3 Å². The summed E-state index contributed by atoms with van der Waals surface area (Å²) in [7, 11) is 1.56. The summed E-state index contributed by atoms with van der Waals surface area (Å²) in [4.78, 5) is 6.39. The summed E-state index contributed by atoms with van der Waals surface area (Å²) in [6.07, 6.45) is 1.48. The fraction of sp³-hybridized carbons (Fsp3) is 0.250. The maximum Gasteiger partial charge on any atom is 0.227 e. The van der Waals surface area contributed by atoms with E-state index in [1.54, 1.807) is 25.4 Å². The van der Waals surface area contributed by atoms with Crippen LogP contribution in [0.1, 0.15) is 18.1 Å². The average molecular weight is 453 g/mol. The van der Waals surface area contributed by atoms with Crippen molar-refractivity contribution in [1.29, 1.82) is 0 Å². The van der Waals surface area contributed by atoms with Crippen molar-refractivity contribution in [1.82, 2.24) is 0 Å². The third kappa shape index (κ3) is 4.34. The monoisotopic (exact) mass is 452 g/mol. The number of aliphatic hydroxyl groups excluding tert-OH is 1. The van der Waals surface area contributed by atoms with Crippen molar-refractivity contribution in [3.63, 3.8) is 0 Å². The molecule has 148 valence electrons. The molecule has 0 spiro atoms. The second kappa shape index (κ2) is 8.70. The Kier molecular flexibility index (Phi) is 6.31. The molecular formula is C20H19BrF2N2O3. The van der Waals surface area contributed by atoms with Gasteiger partial charge in [0.25, 0.3) is 0 Å². The maximum absolute atomic E-state index is 13.8. The third-order valence-corrected chi connectivity index (χ3v) is 4.79. The first-order valence-corrected chi connectivity index (χ1v) is 9.30. The summed E-state index contributed by atoms with van der Waals surface area (Å²) in [5.41, 5.74) is 1.75. The van der Waals surface area contributed by atoms with Gasteiger partial charge < -0.3 is 19.5 Å². The highest BCUT2D eigenvalue weighted by atomic mass is 79.9.